The summed E-state index contributed by atoms with van der Waals surface area (Å²) in [6.07, 6.45) is 0. The topological polar surface area (TPSA) is 59.3 Å². The molecule has 0 atom stereocenters. The third kappa shape index (κ3) is 2.85. The van der Waals surface area contributed by atoms with Crippen LogP contribution in [0.15, 0.2) is 53.3 Å². The molecule has 0 fully saturated rings. The lowest BCUT2D eigenvalue weighted by atomic mass is 10.1. The molecule has 0 saturated carbocycles. The van der Waals surface area contributed by atoms with Crippen LogP contribution in [0.2, 0.25) is 0 Å². The number of carboxylic acid groups (broad SMARTS) is 1. The van der Waals surface area contributed by atoms with Crippen molar-refractivity contribution in [1.29, 1.82) is 0 Å². The van der Waals surface area contributed by atoms with Gasteiger partial charge in [-0.2, -0.15) is 0 Å². The molecule has 4 nitrogen and oxygen atoms in total. The van der Waals surface area contributed by atoms with Crippen LogP contribution in [0.25, 0.3) is 10.9 Å². The van der Waals surface area contributed by atoms with Crippen molar-refractivity contribution in [3.8, 4) is 0 Å². The largest absolute Gasteiger partial charge is 0.478 e. The van der Waals surface area contributed by atoms with E-state index in [0.717, 1.165) is 5.56 Å². The monoisotopic (exact) mass is 311 g/mol. The molecule has 0 unspecified atom stereocenters. The van der Waals surface area contributed by atoms with Crippen molar-refractivity contribution in [1.82, 2.24) is 4.57 Å². The Kier molecular flexibility index (Phi) is 3.70. The van der Waals surface area contributed by atoms with Gasteiger partial charge in [0.2, 0.25) is 0 Å². The summed E-state index contributed by atoms with van der Waals surface area (Å²) in [6, 6.07) is 12.1. The SMILES string of the molecule is Cc1cc(C(=O)O)cc2ccc(=O)n(Cc3ccc(F)cc3)c12. The summed E-state index contributed by atoms with van der Waals surface area (Å²) in [5, 5.41) is 9.83. The quantitative estimate of drug-likeness (QED) is 0.808. The Morgan fingerprint density at radius 3 is 2.48 bits per heavy atom. The fraction of sp³-hybridized carbons (Fsp3) is 0.111. The van der Waals surface area contributed by atoms with E-state index in [9.17, 15) is 14.0 Å². The maximum absolute atomic E-state index is 13.0. The number of benzene rings is 2. The van der Waals surface area contributed by atoms with E-state index >= 15 is 0 Å². The average molecular weight is 311 g/mol. The fourth-order valence-corrected chi connectivity index (χ4v) is 2.72. The number of fused-ring (bicyclic) bond motifs is 1. The first-order valence-electron chi connectivity index (χ1n) is 7.07. The summed E-state index contributed by atoms with van der Waals surface area (Å²) in [5.41, 5.74) is 2.18. The Balaban J connectivity index is 2.19. The highest BCUT2D eigenvalue weighted by Crippen LogP contribution is 2.20. The van der Waals surface area contributed by atoms with Crippen LogP contribution < -0.4 is 5.56 Å². The van der Waals surface area contributed by atoms with Crippen LogP contribution in [-0.4, -0.2) is 15.6 Å². The van der Waals surface area contributed by atoms with Crippen LogP contribution in [0, 0.1) is 12.7 Å². The van der Waals surface area contributed by atoms with Crippen LogP contribution in [0.3, 0.4) is 0 Å². The maximum Gasteiger partial charge on any atom is 0.335 e. The number of aromatic nitrogens is 1. The highest BCUT2D eigenvalue weighted by molar-refractivity contribution is 5.94. The first-order chi connectivity index (χ1) is 11.0. The van der Waals surface area contributed by atoms with E-state index in [2.05, 4.69) is 0 Å². The van der Waals surface area contributed by atoms with Gasteiger partial charge in [-0.3, -0.25) is 4.79 Å². The Labute approximate surface area is 131 Å². The van der Waals surface area contributed by atoms with Crippen molar-refractivity contribution >= 4 is 16.9 Å². The Morgan fingerprint density at radius 1 is 1.13 bits per heavy atom. The predicted molar refractivity (Wildman–Crippen MR) is 85.4 cm³/mol. The molecule has 0 bridgehead atoms. The minimum Gasteiger partial charge on any atom is -0.478 e. The van der Waals surface area contributed by atoms with Crippen LogP contribution in [0.4, 0.5) is 4.39 Å². The number of carboxylic acids is 1. The van der Waals surface area contributed by atoms with Crippen LogP contribution in [-0.2, 0) is 6.54 Å². The molecule has 116 valence electrons. The molecule has 1 aromatic heterocycles. The summed E-state index contributed by atoms with van der Waals surface area (Å²) in [6.45, 7) is 2.07. The minimum absolute atomic E-state index is 0.182. The van der Waals surface area contributed by atoms with Crippen molar-refractivity contribution in [2.24, 2.45) is 0 Å². The number of nitrogens with zero attached hydrogens (tertiary/aromatic N) is 1. The highest BCUT2D eigenvalue weighted by Gasteiger charge is 2.11. The molecule has 3 aromatic rings. The minimum atomic E-state index is -1.01. The van der Waals surface area contributed by atoms with Crippen LogP contribution in [0.1, 0.15) is 21.5 Å². The third-order valence-corrected chi connectivity index (χ3v) is 3.77. The van der Waals surface area contributed by atoms with Gasteiger partial charge in [0.1, 0.15) is 5.82 Å². The molecule has 0 aliphatic rings. The molecule has 0 aliphatic heterocycles. The number of pyridine rings is 1. The first-order valence-corrected chi connectivity index (χ1v) is 7.07. The molecule has 0 saturated heterocycles. The zero-order chi connectivity index (χ0) is 16.6. The van der Waals surface area contributed by atoms with Gasteiger partial charge in [-0.25, -0.2) is 9.18 Å². The second-order valence-electron chi connectivity index (χ2n) is 5.42. The van der Waals surface area contributed by atoms with E-state index in [0.29, 0.717) is 23.0 Å². The Bertz CT molecular complexity index is 958. The van der Waals surface area contributed by atoms with Gasteiger partial charge in [0, 0.05) is 6.07 Å². The van der Waals surface area contributed by atoms with Gasteiger partial charge >= 0.3 is 5.97 Å². The molecule has 0 spiro atoms. The lowest BCUT2D eigenvalue weighted by Gasteiger charge is -2.13. The van der Waals surface area contributed by atoms with Crippen molar-refractivity contribution in [2.45, 2.75) is 13.5 Å². The van der Waals surface area contributed by atoms with E-state index in [1.165, 1.54) is 18.2 Å². The molecule has 5 heteroatoms. The fourth-order valence-electron chi connectivity index (χ4n) is 2.72. The lowest BCUT2D eigenvalue weighted by Crippen LogP contribution is -2.20. The molecule has 23 heavy (non-hydrogen) atoms. The smallest absolute Gasteiger partial charge is 0.335 e. The van der Waals surface area contributed by atoms with Crippen LogP contribution in [0.5, 0.6) is 0 Å². The maximum atomic E-state index is 13.0. The number of aromatic carboxylic acids is 1. The van der Waals surface area contributed by atoms with Crippen LogP contribution >= 0.6 is 0 Å². The summed E-state index contributed by atoms with van der Waals surface area (Å²) in [7, 11) is 0. The third-order valence-electron chi connectivity index (χ3n) is 3.77. The average Bonchev–Trinajstić information content (AvgIpc) is 2.51. The predicted octanol–water partition coefficient (Wildman–Crippen LogP) is 3.20. The molecule has 1 heterocycles. The van der Waals surface area contributed by atoms with Gasteiger partial charge in [-0.1, -0.05) is 12.1 Å². The van der Waals surface area contributed by atoms with Gasteiger partial charge in [-0.05, 0) is 53.8 Å². The van der Waals surface area contributed by atoms with Gasteiger partial charge in [0.05, 0.1) is 17.6 Å². The van der Waals surface area contributed by atoms with Gasteiger partial charge < -0.3 is 9.67 Å². The summed E-state index contributed by atoms with van der Waals surface area (Å²) in [4.78, 5) is 23.4. The van der Waals surface area contributed by atoms with Gasteiger partial charge in [0.25, 0.3) is 5.56 Å². The molecular weight excluding hydrogens is 297 g/mol. The Morgan fingerprint density at radius 2 is 1.83 bits per heavy atom. The second-order valence-corrected chi connectivity index (χ2v) is 5.42. The zero-order valence-corrected chi connectivity index (χ0v) is 12.4. The molecule has 0 radical (unpaired) electrons. The summed E-state index contributed by atoms with van der Waals surface area (Å²) >= 11 is 0. The highest BCUT2D eigenvalue weighted by atomic mass is 19.1. The van der Waals surface area contributed by atoms with Crippen molar-refractivity contribution in [3.63, 3.8) is 0 Å². The molecule has 0 amide bonds. The van der Waals surface area contributed by atoms with E-state index in [-0.39, 0.29) is 16.9 Å². The second kappa shape index (κ2) is 5.68. The molecule has 1 N–H and O–H groups in total. The molecule has 0 aliphatic carbocycles. The number of rotatable bonds is 3. The molecule has 2 aromatic carbocycles. The van der Waals surface area contributed by atoms with Crippen molar-refractivity contribution in [2.75, 3.05) is 0 Å². The summed E-state index contributed by atoms with van der Waals surface area (Å²) in [5.74, 6) is -1.34. The molecular formula is C18H14FNO3. The van der Waals surface area contributed by atoms with E-state index in [4.69, 9.17) is 5.11 Å². The van der Waals surface area contributed by atoms with Gasteiger partial charge in [-0.15, -0.1) is 0 Å². The number of halogens is 1. The number of hydrogen-bond donors (Lipinski definition) is 1. The first kappa shape index (κ1) is 15.0. The van der Waals surface area contributed by atoms with Gasteiger partial charge in [0.15, 0.2) is 0 Å². The normalized spacial score (nSPS) is 10.9. The number of aryl methyl sites for hydroxylation is 1. The van der Waals surface area contributed by atoms with E-state index in [1.54, 1.807) is 41.8 Å². The Hall–Kier alpha value is -2.95. The lowest BCUT2D eigenvalue weighted by molar-refractivity contribution is 0.0697. The number of hydrogen-bond acceptors (Lipinski definition) is 2. The van der Waals surface area contributed by atoms with E-state index in [1.807, 2.05) is 0 Å². The zero-order valence-electron chi connectivity index (χ0n) is 12.4. The van der Waals surface area contributed by atoms with Crippen molar-refractivity contribution in [3.05, 3.63) is 81.4 Å². The van der Waals surface area contributed by atoms with Crippen molar-refractivity contribution < 1.29 is 14.3 Å². The standard InChI is InChI=1S/C18H14FNO3/c1-11-8-14(18(22)23)9-13-4-7-16(21)20(17(11)13)10-12-2-5-15(19)6-3-12/h2-9H,10H2,1H3,(H,22,23). The summed E-state index contributed by atoms with van der Waals surface area (Å²) < 4.78 is 14.6. The molecule has 3 rings (SSSR count). The number of carbonyl (C=O) groups is 1. The van der Waals surface area contributed by atoms with E-state index < -0.39 is 5.97 Å².